The van der Waals surface area contributed by atoms with Crippen LogP contribution in [0.1, 0.15) is 18.9 Å². The minimum Gasteiger partial charge on any atom is -0.289 e. The van der Waals surface area contributed by atoms with Crippen LogP contribution in [0.5, 0.6) is 0 Å². The van der Waals surface area contributed by atoms with E-state index in [9.17, 15) is 4.79 Å². The molecule has 2 aromatic rings. The Hall–Kier alpha value is -1.30. The van der Waals surface area contributed by atoms with E-state index in [4.69, 9.17) is 0 Å². The van der Waals surface area contributed by atoms with E-state index in [1.807, 2.05) is 6.26 Å². The van der Waals surface area contributed by atoms with Gasteiger partial charge in [0.1, 0.15) is 5.03 Å². The standard InChI is InChI=1S/C9H10N4OS/c1-15-6-4-10-7-8(11-6)13(5-2-3-5)9(14)12-7/h4-5H,2-3H2,1H3,(H,10,12,14). The SMILES string of the molecule is CSc1cnc2[nH]c(=O)n(C3CC3)c2n1. The lowest BCUT2D eigenvalue weighted by Crippen LogP contribution is -2.15. The van der Waals surface area contributed by atoms with Gasteiger partial charge in [0.25, 0.3) is 0 Å². The van der Waals surface area contributed by atoms with Gasteiger partial charge in [0.05, 0.1) is 6.20 Å². The van der Waals surface area contributed by atoms with Crippen molar-refractivity contribution in [3.05, 3.63) is 16.7 Å². The van der Waals surface area contributed by atoms with Gasteiger partial charge in [-0.2, -0.15) is 0 Å². The van der Waals surface area contributed by atoms with Crippen LogP contribution in [0.25, 0.3) is 11.3 Å². The zero-order chi connectivity index (χ0) is 10.4. The molecule has 1 aliphatic carbocycles. The van der Waals surface area contributed by atoms with Crippen LogP contribution in [-0.2, 0) is 0 Å². The van der Waals surface area contributed by atoms with E-state index >= 15 is 0 Å². The molecule has 78 valence electrons. The second-order valence-electron chi connectivity index (χ2n) is 3.62. The molecule has 2 aromatic heterocycles. The Kier molecular flexibility index (Phi) is 1.85. The Labute approximate surface area is 89.9 Å². The highest BCUT2D eigenvalue weighted by Crippen LogP contribution is 2.35. The van der Waals surface area contributed by atoms with Crippen molar-refractivity contribution in [3.63, 3.8) is 0 Å². The van der Waals surface area contributed by atoms with E-state index in [0.717, 1.165) is 17.9 Å². The van der Waals surface area contributed by atoms with Crippen molar-refractivity contribution in [2.75, 3.05) is 6.26 Å². The van der Waals surface area contributed by atoms with Crippen LogP contribution in [0, 0.1) is 0 Å². The number of hydrogen-bond acceptors (Lipinski definition) is 4. The van der Waals surface area contributed by atoms with E-state index in [1.165, 1.54) is 11.8 Å². The average Bonchev–Trinajstić information content (AvgIpc) is 3.00. The van der Waals surface area contributed by atoms with Crippen molar-refractivity contribution in [3.8, 4) is 0 Å². The van der Waals surface area contributed by atoms with E-state index in [2.05, 4.69) is 15.0 Å². The van der Waals surface area contributed by atoms with Crippen LogP contribution in [0.2, 0.25) is 0 Å². The Morgan fingerprint density at radius 2 is 2.40 bits per heavy atom. The molecule has 0 aliphatic heterocycles. The quantitative estimate of drug-likeness (QED) is 0.775. The molecule has 0 amide bonds. The van der Waals surface area contributed by atoms with E-state index in [1.54, 1.807) is 10.8 Å². The lowest BCUT2D eigenvalue weighted by molar-refractivity contribution is 0.723. The van der Waals surface area contributed by atoms with Gasteiger partial charge in [0, 0.05) is 6.04 Å². The highest BCUT2D eigenvalue weighted by atomic mass is 32.2. The smallest absolute Gasteiger partial charge is 0.289 e. The van der Waals surface area contributed by atoms with E-state index in [-0.39, 0.29) is 5.69 Å². The summed E-state index contributed by atoms with van der Waals surface area (Å²) in [6.45, 7) is 0. The molecule has 6 heteroatoms. The van der Waals surface area contributed by atoms with Gasteiger partial charge < -0.3 is 0 Å². The molecule has 0 unspecified atom stereocenters. The maximum atomic E-state index is 11.6. The topological polar surface area (TPSA) is 63.6 Å². The number of H-pyrrole nitrogens is 1. The zero-order valence-corrected chi connectivity index (χ0v) is 9.04. The van der Waals surface area contributed by atoms with Gasteiger partial charge in [-0.3, -0.25) is 9.55 Å². The number of thioether (sulfide) groups is 1. The van der Waals surface area contributed by atoms with Crippen molar-refractivity contribution in [1.29, 1.82) is 0 Å². The summed E-state index contributed by atoms with van der Waals surface area (Å²) < 4.78 is 1.72. The lowest BCUT2D eigenvalue weighted by atomic mass is 10.6. The zero-order valence-electron chi connectivity index (χ0n) is 8.23. The number of imidazole rings is 1. The molecule has 0 aromatic carbocycles. The highest BCUT2D eigenvalue weighted by molar-refractivity contribution is 7.98. The fraction of sp³-hybridized carbons (Fsp3) is 0.444. The molecule has 1 N–H and O–H groups in total. The molecule has 0 bridgehead atoms. The third-order valence-electron chi connectivity index (χ3n) is 2.53. The largest absolute Gasteiger partial charge is 0.329 e. The Morgan fingerprint density at radius 3 is 3.07 bits per heavy atom. The predicted molar refractivity (Wildman–Crippen MR) is 58.2 cm³/mol. The second kappa shape index (κ2) is 3.10. The molecule has 0 atom stereocenters. The van der Waals surface area contributed by atoms with Crippen molar-refractivity contribution < 1.29 is 0 Å². The number of fused-ring (bicyclic) bond motifs is 1. The number of nitrogens with zero attached hydrogens (tertiary/aromatic N) is 3. The molecule has 15 heavy (non-hydrogen) atoms. The molecule has 0 saturated heterocycles. The molecule has 1 saturated carbocycles. The first-order valence-corrected chi connectivity index (χ1v) is 6.03. The number of hydrogen-bond donors (Lipinski definition) is 1. The fourth-order valence-corrected chi connectivity index (χ4v) is 1.98. The van der Waals surface area contributed by atoms with E-state index in [0.29, 0.717) is 17.3 Å². The summed E-state index contributed by atoms with van der Waals surface area (Å²) in [5.41, 5.74) is 1.19. The molecule has 0 radical (unpaired) electrons. The third-order valence-corrected chi connectivity index (χ3v) is 3.14. The van der Waals surface area contributed by atoms with Gasteiger partial charge in [0.2, 0.25) is 0 Å². The fourth-order valence-electron chi connectivity index (χ4n) is 1.65. The van der Waals surface area contributed by atoms with Crippen LogP contribution < -0.4 is 5.69 Å². The number of aromatic amines is 1. The first-order valence-electron chi connectivity index (χ1n) is 4.81. The summed E-state index contributed by atoms with van der Waals surface area (Å²) in [4.78, 5) is 23.0. The molecule has 2 heterocycles. The molecule has 5 nitrogen and oxygen atoms in total. The van der Waals surface area contributed by atoms with Crippen LogP contribution in [0.3, 0.4) is 0 Å². The van der Waals surface area contributed by atoms with Gasteiger partial charge in [-0.1, -0.05) is 0 Å². The summed E-state index contributed by atoms with van der Waals surface area (Å²) in [6.07, 6.45) is 5.76. The third kappa shape index (κ3) is 1.36. The first-order chi connectivity index (χ1) is 7.29. The summed E-state index contributed by atoms with van der Waals surface area (Å²) in [5.74, 6) is 0. The van der Waals surface area contributed by atoms with E-state index < -0.39 is 0 Å². The van der Waals surface area contributed by atoms with Crippen LogP contribution in [0.15, 0.2) is 16.0 Å². The average molecular weight is 222 g/mol. The maximum Gasteiger partial charge on any atom is 0.329 e. The van der Waals surface area contributed by atoms with Gasteiger partial charge in [0.15, 0.2) is 11.3 Å². The summed E-state index contributed by atoms with van der Waals surface area (Å²) in [6, 6.07) is 0.331. The Bertz CT molecular complexity index is 569. The molecular weight excluding hydrogens is 212 g/mol. The normalized spacial score (nSPS) is 16.1. The monoisotopic (exact) mass is 222 g/mol. The molecule has 1 fully saturated rings. The van der Waals surface area contributed by atoms with Crippen LogP contribution in [0.4, 0.5) is 0 Å². The minimum atomic E-state index is -0.0919. The summed E-state index contributed by atoms with van der Waals surface area (Å²) in [5, 5.41) is 0.843. The van der Waals surface area contributed by atoms with Crippen molar-refractivity contribution in [1.82, 2.24) is 19.5 Å². The lowest BCUT2D eigenvalue weighted by Gasteiger charge is -1.99. The molecular formula is C9H10N4OS. The summed E-state index contributed by atoms with van der Waals surface area (Å²) >= 11 is 1.53. The van der Waals surface area contributed by atoms with Crippen LogP contribution >= 0.6 is 11.8 Å². The van der Waals surface area contributed by atoms with Crippen molar-refractivity contribution >= 4 is 23.1 Å². The molecule has 0 spiro atoms. The Balaban J connectivity index is 2.31. The van der Waals surface area contributed by atoms with Gasteiger partial charge in [-0.15, -0.1) is 11.8 Å². The van der Waals surface area contributed by atoms with Crippen molar-refractivity contribution in [2.24, 2.45) is 0 Å². The van der Waals surface area contributed by atoms with Gasteiger partial charge >= 0.3 is 5.69 Å². The molecule has 3 rings (SSSR count). The number of rotatable bonds is 2. The number of nitrogens with one attached hydrogen (secondary N) is 1. The molecule has 1 aliphatic rings. The Morgan fingerprint density at radius 1 is 1.60 bits per heavy atom. The van der Waals surface area contributed by atoms with Crippen LogP contribution in [-0.4, -0.2) is 25.8 Å². The number of aromatic nitrogens is 4. The van der Waals surface area contributed by atoms with Gasteiger partial charge in [-0.25, -0.2) is 14.8 Å². The highest BCUT2D eigenvalue weighted by Gasteiger charge is 2.28. The summed E-state index contributed by atoms with van der Waals surface area (Å²) in [7, 11) is 0. The predicted octanol–water partition coefficient (Wildman–Crippen LogP) is 1.18. The first kappa shape index (κ1) is 8.96. The second-order valence-corrected chi connectivity index (χ2v) is 4.44. The van der Waals surface area contributed by atoms with Crippen molar-refractivity contribution in [2.45, 2.75) is 23.9 Å². The maximum absolute atomic E-state index is 11.6. The van der Waals surface area contributed by atoms with Gasteiger partial charge in [-0.05, 0) is 19.1 Å². The minimum absolute atomic E-state index is 0.0919.